The molecule has 2 aromatic rings. The van der Waals surface area contributed by atoms with Crippen LogP contribution in [0.1, 0.15) is 30.1 Å². The predicted octanol–water partition coefficient (Wildman–Crippen LogP) is 3.05. The fourth-order valence-corrected chi connectivity index (χ4v) is 2.98. The van der Waals surface area contributed by atoms with Gasteiger partial charge in [-0.1, -0.05) is 30.3 Å². The summed E-state index contributed by atoms with van der Waals surface area (Å²) in [7, 11) is 0. The molecule has 110 valence electrons. The molecule has 3 rings (SSSR count). The Labute approximate surface area is 125 Å². The van der Waals surface area contributed by atoms with E-state index in [4.69, 9.17) is 0 Å². The van der Waals surface area contributed by atoms with E-state index in [1.165, 1.54) is 18.2 Å². The summed E-state index contributed by atoms with van der Waals surface area (Å²) >= 11 is 0. The Balaban J connectivity index is 1.63. The molecule has 1 saturated heterocycles. The lowest BCUT2D eigenvalue weighted by atomic mass is 10.1. The summed E-state index contributed by atoms with van der Waals surface area (Å²) in [5.74, 6) is 0.0202. The number of nitrogens with one attached hydrogen (secondary N) is 1. The van der Waals surface area contributed by atoms with Crippen molar-refractivity contribution in [3.05, 3.63) is 48.0 Å². The first-order valence-electron chi connectivity index (χ1n) is 7.75. The fraction of sp³-hybridized carbons (Fsp3) is 0.389. The number of benzene rings is 2. The molecule has 2 aromatic carbocycles. The van der Waals surface area contributed by atoms with E-state index in [9.17, 15) is 4.79 Å². The molecule has 0 aromatic heterocycles. The van der Waals surface area contributed by atoms with Gasteiger partial charge >= 0.3 is 0 Å². The van der Waals surface area contributed by atoms with Crippen LogP contribution in [0.25, 0.3) is 10.8 Å². The van der Waals surface area contributed by atoms with Gasteiger partial charge in [0.05, 0.1) is 0 Å². The molecule has 1 aliphatic heterocycles. The van der Waals surface area contributed by atoms with Crippen molar-refractivity contribution < 1.29 is 4.79 Å². The minimum absolute atomic E-state index is 0.0202. The van der Waals surface area contributed by atoms with Gasteiger partial charge in [-0.15, -0.1) is 0 Å². The van der Waals surface area contributed by atoms with Crippen molar-refractivity contribution >= 4 is 16.7 Å². The summed E-state index contributed by atoms with van der Waals surface area (Å²) < 4.78 is 0. The van der Waals surface area contributed by atoms with Crippen molar-refractivity contribution in [3.8, 4) is 0 Å². The zero-order chi connectivity index (χ0) is 14.7. The first-order valence-corrected chi connectivity index (χ1v) is 7.75. The highest BCUT2D eigenvalue weighted by Gasteiger charge is 2.18. The number of rotatable bonds is 4. The van der Waals surface area contributed by atoms with Crippen LogP contribution in [0.4, 0.5) is 0 Å². The Morgan fingerprint density at radius 2 is 1.86 bits per heavy atom. The van der Waals surface area contributed by atoms with Crippen molar-refractivity contribution in [3.63, 3.8) is 0 Å². The van der Waals surface area contributed by atoms with Crippen LogP contribution >= 0.6 is 0 Å². The summed E-state index contributed by atoms with van der Waals surface area (Å²) in [6.45, 7) is 5.22. The summed E-state index contributed by atoms with van der Waals surface area (Å²) in [5, 5.41) is 5.33. The molecule has 0 saturated carbocycles. The maximum Gasteiger partial charge on any atom is 0.251 e. The van der Waals surface area contributed by atoms with Gasteiger partial charge in [0.2, 0.25) is 0 Å². The molecule has 0 spiro atoms. The number of carbonyl (C=O) groups is 1. The third-order valence-electron chi connectivity index (χ3n) is 4.33. The van der Waals surface area contributed by atoms with Gasteiger partial charge in [0.1, 0.15) is 0 Å². The van der Waals surface area contributed by atoms with Gasteiger partial charge in [-0.2, -0.15) is 0 Å². The zero-order valence-electron chi connectivity index (χ0n) is 12.5. The molecule has 0 unspecified atom stereocenters. The van der Waals surface area contributed by atoms with Crippen LogP contribution in [-0.2, 0) is 0 Å². The van der Waals surface area contributed by atoms with Gasteiger partial charge in [0, 0.05) is 18.2 Å². The van der Waals surface area contributed by atoms with Crippen molar-refractivity contribution in [2.45, 2.75) is 25.8 Å². The highest BCUT2D eigenvalue weighted by Crippen LogP contribution is 2.16. The maximum absolute atomic E-state index is 12.3. The number of nitrogens with zero attached hydrogens (tertiary/aromatic N) is 1. The molecule has 3 heteroatoms. The number of hydrogen-bond acceptors (Lipinski definition) is 2. The number of fused-ring (bicyclic) bond motifs is 1. The van der Waals surface area contributed by atoms with Gasteiger partial charge in [0.15, 0.2) is 0 Å². The topological polar surface area (TPSA) is 32.3 Å². The normalized spacial score (nSPS) is 17.0. The number of carbonyl (C=O) groups excluding carboxylic acids is 1. The van der Waals surface area contributed by atoms with E-state index < -0.39 is 0 Å². The Kier molecular flexibility index (Phi) is 4.20. The van der Waals surface area contributed by atoms with E-state index in [0.29, 0.717) is 12.6 Å². The van der Waals surface area contributed by atoms with E-state index in [2.05, 4.69) is 23.2 Å². The number of amides is 1. The van der Waals surface area contributed by atoms with Crippen molar-refractivity contribution in [2.75, 3.05) is 19.6 Å². The first kappa shape index (κ1) is 14.1. The van der Waals surface area contributed by atoms with Gasteiger partial charge in [0.25, 0.3) is 5.91 Å². The Hall–Kier alpha value is -1.87. The van der Waals surface area contributed by atoms with Gasteiger partial charge in [-0.3, -0.25) is 9.69 Å². The standard InChI is InChI=1S/C18H22N2O/c1-14(20-10-4-5-11-20)13-19-18(21)17-9-8-15-6-2-3-7-16(15)12-17/h2-3,6-9,12,14H,4-5,10-11,13H2,1H3,(H,19,21)/t14-/m0/s1. The SMILES string of the molecule is C[C@@H](CNC(=O)c1ccc2ccccc2c1)N1CCCC1. The Bertz CT molecular complexity index is 632. The smallest absolute Gasteiger partial charge is 0.251 e. The molecule has 1 atom stereocenters. The third-order valence-corrected chi connectivity index (χ3v) is 4.33. The molecule has 1 fully saturated rings. The van der Waals surface area contributed by atoms with E-state index in [0.717, 1.165) is 24.0 Å². The van der Waals surface area contributed by atoms with Crippen molar-refractivity contribution in [2.24, 2.45) is 0 Å². The van der Waals surface area contributed by atoms with Gasteiger partial charge in [-0.25, -0.2) is 0 Å². The lowest BCUT2D eigenvalue weighted by Gasteiger charge is -2.23. The second-order valence-electron chi connectivity index (χ2n) is 5.86. The van der Waals surface area contributed by atoms with Gasteiger partial charge in [-0.05, 0) is 55.8 Å². The number of likely N-dealkylation sites (tertiary alicyclic amines) is 1. The van der Waals surface area contributed by atoms with Crippen LogP contribution in [-0.4, -0.2) is 36.5 Å². The molecule has 1 aliphatic rings. The third kappa shape index (κ3) is 3.24. The van der Waals surface area contributed by atoms with Crippen LogP contribution in [0, 0.1) is 0 Å². The minimum Gasteiger partial charge on any atom is -0.350 e. The second-order valence-corrected chi connectivity index (χ2v) is 5.86. The highest BCUT2D eigenvalue weighted by molar-refractivity contribution is 5.98. The molecule has 1 heterocycles. The predicted molar refractivity (Wildman–Crippen MR) is 86.6 cm³/mol. The molecular weight excluding hydrogens is 260 g/mol. The van der Waals surface area contributed by atoms with Crippen molar-refractivity contribution in [1.82, 2.24) is 10.2 Å². The van der Waals surface area contributed by atoms with E-state index in [-0.39, 0.29) is 5.91 Å². The van der Waals surface area contributed by atoms with Crippen LogP contribution < -0.4 is 5.32 Å². The van der Waals surface area contributed by atoms with E-state index >= 15 is 0 Å². The fourth-order valence-electron chi connectivity index (χ4n) is 2.98. The quantitative estimate of drug-likeness (QED) is 0.934. The minimum atomic E-state index is 0.0202. The summed E-state index contributed by atoms with van der Waals surface area (Å²) in [6.07, 6.45) is 2.56. The van der Waals surface area contributed by atoms with Crippen LogP contribution in [0.2, 0.25) is 0 Å². The number of hydrogen-bond donors (Lipinski definition) is 1. The lowest BCUT2D eigenvalue weighted by Crippen LogP contribution is -2.40. The monoisotopic (exact) mass is 282 g/mol. The zero-order valence-corrected chi connectivity index (χ0v) is 12.5. The van der Waals surface area contributed by atoms with Crippen LogP contribution in [0.5, 0.6) is 0 Å². The maximum atomic E-state index is 12.3. The Morgan fingerprint density at radius 3 is 2.62 bits per heavy atom. The average molecular weight is 282 g/mol. The molecular formula is C18H22N2O. The summed E-state index contributed by atoms with van der Waals surface area (Å²) in [6, 6.07) is 14.4. The van der Waals surface area contributed by atoms with Crippen LogP contribution in [0.15, 0.2) is 42.5 Å². The first-order chi connectivity index (χ1) is 10.2. The molecule has 21 heavy (non-hydrogen) atoms. The van der Waals surface area contributed by atoms with Crippen molar-refractivity contribution in [1.29, 1.82) is 0 Å². The lowest BCUT2D eigenvalue weighted by molar-refractivity contribution is 0.0940. The largest absolute Gasteiger partial charge is 0.350 e. The van der Waals surface area contributed by atoms with Gasteiger partial charge < -0.3 is 5.32 Å². The van der Waals surface area contributed by atoms with Crippen LogP contribution in [0.3, 0.4) is 0 Å². The van der Waals surface area contributed by atoms with E-state index in [1.807, 2.05) is 36.4 Å². The average Bonchev–Trinajstić information content (AvgIpc) is 3.06. The molecule has 3 nitrogen and oxygen atoms in total. The molecule has 0 bridgehead atoms. The molecule has 1 amide bonds. The summed E-state index contributed by atoms with van der Waals surface area (Å²) in [4.78, 5) is 14.7. The Morgan fingerprint density at radius 1 is 1.14 bits per heavy atom. The molecule has 1 N–H and O–H groups in total. The molecule has 0 radical (unpaired) electrons. The van der Waals surface area contributed by atoms with E-state index in [1.54, 1.807) is 0 Å². The second kappa shape index (κ2) is 6.27. The highest BCUT2D eigenvalue weighted by atomic mass is 16.1. The molecule has 0 aliphatic carbocycles. The summed E-state index contributed by atoms with van der Waals surface area (Å²) in [5.41, 5.74) is 0.738.